The van der Waals surface area contributed by atoms with Gasteiger partial charge in [0.15, 0.2) is 0 Å². The van der Waals surface area contributed by atoms with Gasteiger partial charge in [-0.05, 0) is 35.0 Å². The van der Waals surface area contributed by atoms with Gasteiger partial charge in [-0.1, -0.05) is 30.3 Å². The number of fused-ring (bicyclic) bond motifs is 1. The van der Waals surface area contributed by atoms with Crippen molar-refractivity contribution in [2.75, 3.05) is 26.2 Å². The van der Waals surface area contributed by atoms with Crippen LogP contribution in [-0.4, -0.2) is 52.7 Å². The fourth-order valence-corrected chi connectivity index (χ4v) is 3.53. The highest BCUT2D eigenvalue weighted by Crippen LogP contribution is 2.19. The lowest BCUT2D eigenvalue weighted by atomic mass is 10.1. The van der Waals surface area contributed by atoms with Crippen molar-refractivity contribution in [2.45, 2.75) is 0 Å². The summed E-state index contributed by atoms with van der Waals surface area (Å²) in [6.07, 6.45) is 0. The van der Waals surface area contributed by atoms with E-state index < -0.39 is 4.92 Å². The number of nitro groups is 1. The number of rotatable bonds is 3. The first-order valence-corrected chi connectivity index (χ1v) is 9.35. The van der Waals surface area contributed by atoms with Crippen LogP contribution in [0.15, 0.2) is 66.7 Å². The zero-order valence-electron chi connectivity index (χ0n) is 15.7. The third-order valence-electron chi connectivity index (χ3n) is 5.18. The number of nitrogens with zero attached hydrogens (tertiary/aromatic N) is 3. The third-order valence-corrected chi connectivity index (χ3v) is 5.18. The Kier molecular flexibility index (Phi) is 4.95. The lowest BCUT2D eigenvalue weighted by molar-refractivity contribution is -0.384. The van der Waals surface area contributed by atoms with Crippen LogP contribution in [-0.2, 0) is 0 Å². The summed E-state index contributed by atoms with van der Waals surface area (Å²) in [5.41, 5.74) is 0.996. The van der Waals surface area contributed by atoms with Gasteiger partial charge in [0.2, 0.25) is 0 Å². The number of hydrogen-bond donors (Lipinski definition) is 0. The lowest BCUT2D eigenvalue weighted by Crippen LogP contribution is -2.50. The Hall–Kier alpha value is -3.74. The minimum Gasteiger partial charge on any atom is -0.335 e. The molecule has 0 saturated carbocycles. The third kappa shape index (κ3) is 3.80. The average molecular weight is 389 g/mol. The number of non-ortho nitro benzene ring substituents is 1. The van der Waals surface area contributed by atoms with Crippen molar-refractivity contribution in [3.05, 3.63) is 88.0 Å². The van der Waals surface area contributed by atoms with E-state index in [2.05, 4.69) is 0 Å². The van der Waals surface area contributed by atoms with E-state index in [4.69, 9.17) is 0 Å². The van der Waals surface area contributed by atoms with Gasteiger partial charge < -0.3 is 9.80 Å². The van der Waals surface area contributed by atoms with Gasteiger partial charge in [-0.2, -0.15) is 0 Å². The van der Waals surface area contributed by atoms with Crippen molar-refractivity contribution in [1.29, 1.82) is 0 Å². The Morgan fingerprint density at radius 2 is 1.24 bits per heavy atom. The molecule has 0 spiro atoms. The van der Waals surface area contributed by atoms with Crippen LogP contribution in [0.3, 0.4) is 0 Å². The van der Waals surface area contributed by atoms with Crippen molar-refractivity contribution in [2.24, 2.45) is 0 Å². The maximum absolute atomic E-state index is 12.8. The summed E-state index contributed by atoms with van der Waals surface area (Å²) in [6, 6.07) is 19.1. The molecule has 146 valence electrons. The summed E-state index contributed by atoms with van der Waals surface area (Å²) in [4.78, 5) is 39.2. The molecule has 4 rings (SSSR count). The van der Waals surface area contributed by atoms with Gasteiger partial charge in [0.25, 0.3) is 17.5 Å². The first kappa shape index (κ1) is 18.6. The molecule has 7 heteroatoms. The van der Waals surface area contributed by atoms with Crippen LogP contribution in [0.1, 0.15) is 20.7 Å². The number of amides is 2. The molecule has 0 radical (unpaired) electrons. The SMILES string of the molecule is O=C(c1ccc([N+](=O)[O-])cc1)N1CCN(C(=O)c2ccc3ccccc3c2)CC1. The average Bonchev–Trinajstić information content (AvgIpc) is 2.78. The van der Waals surface area contributed by atoms with Gasteiger partial charge in [-0.15, -0.1) is 0 Å². The number of piperazine rings is 1. The minimum absolute atomic E-state index is 0.0433. The van der Waals surface area contributed by atoms with Gasteiger partial charge in [0, 0.05) is 49.4 Å². The zero-order chi connectivity index (χ0) is 20.4. The summed E-state index contributed by atoms with van der Waals surface area (Å²) in [6.45, 7) is 1.75. The Labute approximate surface area is 167 Å². The molecule has 0 unspecified atom stereocenters. The largest absolute Gasteiger partial charge is 0.335 e. The van der Waals surface area contributed by atoms with Gasteiger partial charge in [0.05, 0.1) is 4.92 Å². The van der Waals surface area contributed by atoms with Gasteiger partial charge in [-0.3, -0.25) is 19.7 Å². The summed E-state index contributed by atoms with van der Waals surface area (Å²) in [7, 11) is 0. The second kappa shape index (κ2) is 7.71. The Balaban J connectivity index is 1.41. The summed E-state index contributed by atoms with van der Waals surface area (Å²) < 4.78 is 0. The van der Waals surface area contributed by atoms with Crippen LogP contribution in [0.5, 0.6) is 0 Å². The molecule has 0 atom stereocenters. The predicted octanol–water partition coefficient (Wildman–Crippen LogP) is 3.35. The highest BCUT2D eigenvalue weighted by atomic mass is 16.6. The second-order valence-corrected chi connectivity index (χ2v) is 6.95. The number of nitro benzene ring substituents is 1. The standard InChI is InChI=1S/C22H19N3O4/c26-21(17-7-9-20(10-8-17)25(28)29)23-11-13-24(14-12-23)22(27)19-6-5-16-3-1-2-4-18(16)15-19/h1-10,15H,11-14H2. The van der Waals surface area contributed by atoms with Crippen molar-refractivity contribution >= 4 is 28.3 Å². The molecule has 1 aliphatic heterocycles. The Bertz CT molecular complexity index is 1090. The van der Waals surface area contributed by atoms with Crippen LogP contribution in [0, 0.1) is 10.1 Å². The maximum Gasteiger partial charge on any atom is 0.269 e. The molecule has 3 aromatic rings. The van der Waals surface area contributed by atoms with Crippen LogP contribution >= 0.6 is 0 Å². The molecule has 29 heavy (non-hydrogen) atoms. The highest BCUT2D eigenvalue weighted by molar-refractivity contribution is 5.99. The molecule has 7 nitrogen and oxygen atoms in total. The van der Waals surface area contributed by atoms with Gasteiger partial charge in [-0.25, -0.2) is 0 Å². The molecule has 0 N–H and O–H groups in total. The molecule has 2 amide bonds. The number of benzene rings is 3. The van der Waals surface area contributed by atoms with E-state index >= 15 is 0 Å². The number of carbonyl (C=O) groups excluding carboxylic acids is 2. The van der Waals surface area contributed by atoms with E-state index in [9.17, 15) is 19.7 Å². The monoisotopic (exact) mass is 389 g/mol. The van der Waals surface area contributed by atoms with Crippen LogP contribution in [0.2, 0.25) is 0 Å². The van der Waals surface area contributed by atoms with E-state index in [-0.39, 0.29) is 17.5 Å². The zero-order valence-corrected chi connectivity index (χ0v) is 15.7. The van der Waals surface area contributed by atoms with E-state index in [0.717, 1.165) is 10.8 Å². The lowest BCUT2D eigenvalue weighted by Gasteiger charge is -2.35. The Morgan fingerprint density at radius 3 is 1.83 bits per heavy atom. The molecule has 1 aliphatic rings. The van der Waals surface area contributed by atoms with Crippen molar-refractivity contribution in [3.63, 3.8) is 0 Å². The predicted molar refractivity (Wildman–Crippen MR) is 109 cm³/mol. The molecule has 3 aromatic carbocycles. The van der Waals surface area contributed by atoms with E-state index in [1.54, 1.807) is 9.80 Å². The molecule has 0 aliphatic carbocycles. The molecule has 1 fully saturated rings. The fraction of sp³-hybridized carbons (Fsp3) is 0.182. The van der Waals surface area contributed by atoms with Gasteiger partial charge >= 0.3 is 0 Å². The first-order chi connectivity index (χ1) is 14.0. The summed E-state index contributed by atoms with van der Waals surface area (Å²) in [5, 5.41) is 12.9. The minimum atomic E-state index is -0.495. The Morgan fingerprint density at radius 1 is 0.724 bits per heavy atom. The quantitative estimate of drug-likeness (QED) is 0.508. The second-order valence-electron chi connectivity index (χ2n) is 6.95. The van der Waals surface area contributed by atoms with E-state index in [1.165, 1.54) is 24.3 Å². The van der Waals surface area contributed by atoms with Crippen LogP contribution in [0.25, 0.3) is 10.8 Å². The molecule has 0 aromatic heterocycles. The highest BCUT2D eigenvalue weighted by Gasteiger charge is 2.25. The van der Waals surface area contributed by atoms with Crippen molar-refractivity contribution < 1.29 is 14.5 Å². The molecule has 1 saturated heterocycles. The van der Waals surface area contributed by atoms with Crippen molar-refractivity contribution in [3.8, 4) is 0 Å². The van der Waals surface area contributed by atoms with Crippen LogP contribution in [0.4, 0.5) is 5.69 Å². The molecule has 0 bridgehead atoms. The topological polar surface area (TPSA) is 83.8 Å². The first-order valence-electron chi connectivity index (χ1n) is 9.35. The summed E-state index contributed by atoms with van der Waals surface area (Å²) in [5.74, 6) is -0.226. The number of carbonyl (C=O) groups is 2. The molecular formula is C22H19N3O4. The molecule has 1 heterocycles. The molecular weight excluding hydrogens is 370 g/mol. The van der Waals surface area contributed by atoms with Gasteiger partial charge in [0.1, 0.15) is 0 Å². The van der Waals surface area contributed by atoms with E-state index in [0.29, 0.717) is 37.3 Å². The van der Waals surface area contributed by atoms with Crippen molar-refractivity contribution in [1.82, 2.24) is 9.80 Å². The van der Waals surface area contributed by atoms with Crippen LogP contribution < -0.4 is 0 Å². The smallest absolute Gasteiger partial charge is 0.269 e. The number of hydrogen-bond acceptors (Lipinski definition) is 4. The maximum atomic E-state index is 12.8. The summed E-state index contributed by atoms with van der Waals surface area (Å²) >= 11 is 0. The van der Waals surface area contributed by atoms with E-state index in [1.807, 2.05) is 42.5 Å². The normalized spacial score (nSPS) is 14.1. The fourth-order valence-electron chi connectivity index (χ4n) is 3.53.